The van der Waals surface area contributed by atoms with Crippen molar-refractivity contribution in [2.24, 2.45) is 0 Å². The summed E-state index contributed by atoms with van der Waals surface area (Å²) in [4.78, 5) is 0. The van der Waals surface area contributed by atoms with E-state index in [0.717, 1.165) is 24.8 Å². The summed E-state index contributed by atoms with van der Waals surface area (Å²) >= 11 is 0. The minimum absolute atomic E-state index is 0.0113. The minimum Gasteiger partial charge on any atom is -0.387 e. The summed E-state index contributed by atoms with van der Waals surface area (Å²) < 4.78 is 11.6. The Balaban J connectivity index is 1.45. The average molecular weight is 314 g/mol. The van der Waals surface area contributed by atoms with Crippen molar-refractivity contribution in [3.8, 4) is 0 Å². The Labute approximate surface area is 138 Å². The Morgan fingerprint density at radius 1 is 1.26 bits per heavy atom. The van der Waals surface area contributed by atoms with Gasteiger partial charge in [-0.15, -0.1) is 0 Å². The molecule has 2 fully saturated rings. The predicted molar refractivity (Wildman–Crippen MR) is 91.1 cm³/mol. The normalized spacial score (nSPS) is 32.7. The molecule has 0 amide bonds. The Bertz CT molecular complexity index is 551. The molecule has 1 aliphatic carbocycles. The molecule has 0 spiro atoms. The fourth-order valence-corrected chi connectivity index (χ4v) is 3.36. The van der Waals surface area contributed by atoms with Crippen LogP contribution in [0.1, 0.15) is 38.2 Å². The lowest BCUT2D eigenvalue weighted by Gasteiger charge is -2.25. The molecule has 124 valence electrons. The lowest BCUT2D eigenvalue weighted by Crippen LogP contribution is -2.33. The van der Waals surface area contributed by atoms with E-state index < -0.39 is 5.60 Å². The van der Waals surface area contributed by atoms with Crippen LogP contribution in [0, 0.1) is 0 Å². The molecule has 0 radical (unpaired) electrons. The fourth-order valence-electron chi connectivity index (χ4n) is 3.36. The number of benzene rings is 1. The number of rotatable bonds is 8. The minimum atomic E-state index is -0.725. The summed E-state index contributed by atoms with van der Waals surface area (Å²) in [5.74, 6) is 0. The van der Waals surface area contributed by atoms with Crippen LogP contribution in [0.5, 0.6) is 0 Å². The fraction of sp³-hybridized carbons (Fsp3) is 0.500. The Kier molecular flexibility index (Phi) is 5.31. The van der Waals surface area contributed by atoms with Gasteiger partial charge in [-0.2, -0.15) is 0 Å². The first-order chi connectivity index (χ1) is 11.2. The van der Waals surface area contributed by atoms with E-state index >= 15 is 0 Å². The highest BCUT2D eigenvalue weighted by atomic mass is 16.6. The van der Waals surface area contributed by atoms with Crippen LogP contribution in [0.2, 0.25) is 0 Å². The third kappa shape index (κ3) is 4.11. The zero-order chi connectivity index (χ0) is 16.1. The van der Waals surface area contributed by atoms with E-state index in [0.29, 0.717) is 13.0 Å². The molecule has 23 heavy (non-hydrogen) atoms. The van der Waals surface area contributed by atoms with Crippen LogP contribution >= 0.6 is 0 Å². The second kappa shape index (κ2) is 7.43. The summed E-state index contributed by atoms with van der Waals surface area (Å²) in [6, 6.07) is 10.1. The summed E-state index contributed by atoms with van der Waals surface area (Å²) in [6.07, 6.45) is 11.8. The van der Waals surface area contributed by atoms with Crippen molar-refractivity contribution < 1.29 is 14.6 Å². The van der Waals surface area contributed by atoms with Crippen molar-refractivity contribution in [2.75, 3.05) is 0 Å². The maximum atomic E-state index is 10.8. The summed E-state index contributed by atoms with van der Waals surface area (Å²) in [6.45, 7) is 2.60. The zero-order valence-corrected chi connectivity index (χ0v) is 13.7. The molecule has 3 nitrogen and oxygen atoms in total. The molecule has 0 bridgehead atoms. The quantitative estimate of drug-likeness (QED) is 0.586. The average Bonchev–Trinajstić information content (AvgIpc) is 3.32. The van der Waals surface area contributed by atoms with Crippen LogP contribution in [-0.2, 0) is 16.1 Å². The van der Waals surface area contributed by atoms with Gasteiger partial charge in [0, 0.05) is 6.42 Å². The van der Waals surface area contributed by atoms with Gasteiger partial charge in [0.15, 0.2) is 0 Å². The van der Waals surface area contributed by atoms with Crippen LogP contribution in [0.3, 0.4) is 0 Å². The number of fused-ring (bicyclic) bond motifs is 1. The van der Waals surface area contributed by atoms with Gasteiger partial charge >= 0.3 is 0 Å². The smallest absolute Gasteiger partial charge is 0.116 e. The third-order valence-corrected chi connectivity index (χ3v) is 4.70. The molecule has 1 aromatic rings. The number of epoxide rings is 1. The van der Waals surface area contributed by atoms with Crippen LogP contribution in [0.4, 0.5) is 0 Å². The molecule has 1 saturated heterocycles. The molecule has 2 aliphatic rings. The Hall–Kier alpha value is -1.42. The molecule has 1 aliphatic heterocycles. The van der Waals surface area contributed by atoms with E-state index in [1.165, 1.54) is 0 Å². The van der Waals surface area contributed by atoms with E-state index in [4.69, 9.17) is 9.47 Å². The predicted octanol–water partition coefficient (Wildman–Crippen LogP) is 3.78. The maximum absolute atomic E-state index is 10.8. The van der Waals surface area contributed by atoms with Gasteiger partial charge in [-0.05, 0) is 31.7 Å². The van der Waals surface area contributed by atoms with E-state index in [1.54, 1.807) is 0 Å². The molecule has 1 saturated carbocycles. The first-order valence-electron chi connectivity index (χ1n) is 8.52. The van der Waals surface area contributed by atoms with Crippen LogP contribution < -0.4 is 0 Å². The van der Waals surface area contributed by atoms with Crippen LogP contribution in [-0.4, -0.2) is 29.0 Å². The van der Waals surface area contributed by atoms with Crippen LogP contribution in [0.15, 0.2) is 54.6 Å². The summed E-state index contributed by atoms with van der Waals surface area (Å²) in [5.41, 5.74) is 0.434. The van der Waals surface area contributed by atoms with E-state index in [9.17, 15) is 5.11 Å². The summed E-state index contributed by atoms with van der Waals surface area (Å²) in [5, 5.41) is 10.8. The SMILES string of the molecule is C/C=C/C/C=C/CC[C@@]1(O)C[C@@H](OCc2ccccc2)[C@@H]2O[C@@H]21. The van der Waals surface area contributed by atoms with Crippen molar-refractivity contribution in [3.63, 3.8) is 0 Å². The molecule has 4 atom stereocenters. The van der Waals surface area contributed by atoms with Crippen molar-refractivity contribution in [3.05, 3.63) is 60.2 Å². The molecule has 3 heteroatoms. The highest BCUT2D eigenvalue weighted by Gasteiger charge is 2.64. The first-order valence-corrected chi connectivity index (χ1v) is 8.52. The largest absolute Gasteiger partial charge is 0.387 e. The van der Waals surface area contributed by atoms with Gasteiger partial charge in [-0.1, -0.05) is 54.6 Å². The Morgan fingerprint density at radius 3 is 2.87 bits per heavy atom. The van der Waals surface area contributed by atoms with Gasteiger partial charge in [-0.25, -0.2) is 0 Å². The molecule has 0 unspecified atom stereocenters. The first kappa shape index (κ1) is 16.4. The highest BCUT2D eigenvalue weighted by Crippen LogP contribution is 2.49. The van der Waals surface area contributed by atoms with Crippen molar-refractivity contribution in [2.45, 2.75) is 63.1 Å². The number of hydrogen-bond donors (Lipinski definition) is 1. The van der Waals surface area contributed by atoms with Crippen molar-refractivity contribution in [1.29, 1.82) is 0 Å². The standard InChI is InChI=1S/C20H26O3/c1-2-3-4-5-6-10-13-20(21)14-17(18-19(20)23-18)22-15-16-11-8-7-9-12-16/h2-3,5-9,11-12,17-19,21H,4,10,13-15H2,1H3/b3-2+,6-5+/t17-,18+,19+,20-/m1/s1. The van der Waals surface area contributed by atoms with Crippen molar-refractivity contribution >= 4 is 0 Å². The molecular formula is C20H26O3. The molecule has 0 aromatic heterocycles. The molecule has 1 aromatic carbocycles. The topological polar surface area (TPSA) is 42.0 Å². The second-order valence-electron chi connectivity index (χ2n) is 6.48. The number of ether oxygens (including phenoxy) is 2. The van der Waals surface area contributed by atoms with E-state index in [-0.39, 0.29) is 18.3 Å². The van der Waals surface area contributed by atoms with Gasteiger partial charge < -0.3 is 14.6 Å². The lowest BCUT2D eigenvalue weighted by atomic mass is 9.94. The Morgan fingerprint density at radius 2 is 2.09 bits per heavy atom. The number of aliphatic hydroxyl groups is 1. The number of allylic oxidation sites excluding steroid dienone is 4. The van der Waals surface area contributed by atoms with Gasteiger partial charge in [-0.3, -0.25) is 0 Å². The lowest BCUT2D eigenvalue weighted by molar-refractivity contribution is -0.0608. The highest BCUT2D eigenvalue weighted by molar-refractivity contribution is 5.16. The van der Waals surface area contributed by atoms with Crippen molar-refractivity contribution in [1.82, 2.24) is 0 Å². The maximum Gasteiger partial charge on any atom is 0.116 e. The van der Waals surface area contributed by atoms with Gasteiger partial charge in [0.1, 0.15) is 12.2 Å². The van der Waals surface area contributed by atoms with E-state index in [1.807, 2.05) is 31.2 Å². The van der Waals surface area contributed by atoms with Gasteiger partial charge in [0.05, 0.1) is 18.3 Å². The number of hydrogen-bond acceptors (Lipinski definition) is 3. The molecular weight excluding hydrogens is 288 g/mol. The van der Waals surface area contributed by atoms with Gasteiger partial charge in [0.25, 0.3) is 0 Å². The van der Waals surface area contributed by atoms with Crippen LogP contribution in [0.25, 0.3) is 0 Å². The van der Waals surface area contributed by atoms with Gasteiger partial charge in [0.2, 0.25) is 0 Å². The molecule has 1 heterocycles. The third-order valence-electron chi connectivity index (χ3n) is 4.70. The zero-order valence-electron chi connectivity index (χ0n) is 13.7. The second-order valence-corrected chi connectivity index (χ2v) is 6.48. The molecule has 1 N–H and O–H groups in total. The monoisotopic (exact) mass is 314 g/mol. The van der Waals surface area contributed by atoms with E-state index in [2.05, 4.69) is 30.4 Å². The molecule has 3 rings (SSSR count). The summed E-state index contributed by atoms with van der Waals surface area (Å²) in [7, 11) is 0.